The lowest BCUT2D eigenvalue weighted by Crippen LogP contribution is -2.42. The predicted molar refractivity (Wildman–Crippen MR) is 36.3 cm³/mol. The van der Waals surface area contributed by atoms with Crippen molar-refractivity contribution in [3.05, 3.63) is 0 Å². The van der Waals surface area contributed by atoms with Gasteiger partial charge in [-0.3, -0.25) is 4.90 Å². The molecule has 3 N–H and O–H groups in total. The van der Waals surface area contributed by atoms with E-state index in [0.717, 1.165) is 9.80 Å². The standard InChI is InChI=1S/C5H12N2O4/c1-6(2-8)5(11)7(3-9)4-10/h8-10H,2-4H2,1H3. The average molecular weight is 164 g/mol. The summed E-state index contributed by atoms with van der Waals surface area (Å²) in [5.41, 5.74) is 0. The van der Waals surface area contributed by atoms with Gasteiger partial charge in [0.2, 0.25) is 0 Å². The van der Waals surface area contributed by atoms with Crippen molar-refractivity contribution >= 4 is 6.03 Å². The van der Waals surface area contributed by atoms with E-state index >= 15 is 0 Å². The summed E-state index contributed by atoms with van der Waals surface area (Å²) in [6.45, 7) is -1.59. The molecular formula is C5H12N2O4. The smallest absolute Gasteiger partial charge is 0.325 e. The van der Waals surface area contributed by atoms with Crippen LogP contribution in [0, 0.1) is 0 Å². The molecule has 0 radical (unpaired) electrons. The third-order valence-corrected chi connectivity index (χ3v) is 1.15. The molecule has 66 valence electrons. The first-order valence-electron chi connectivity index (χ1n) is 3.00. The zero-order valence-corrected chi connectivity index (χ0v) is 6.27. The average Bonchev–Trinajstić information content (AvgIpc) is 2.05. The number of aliphatic hydroxyl groups is 3. The molecule has 0 saturated carbocycles. The minimum Gasteiger partial charge on any atom is -0.376 e. The maximum atomic E-state index is 10.9. The largest absolute Gasteiger partial charge is 0.376 e. The zero-order chi connectivity index (χ0) is 8.85. The molecule has 0 atom stereocenters. The molecule has 0 spiro atoms. The third kappa shape index (κ3) is 2.71. The summed E-state index contributed by atoms with van der Waals surface area (Å²) in [7, 11) is 1.35. The van der Waals surface area contributed by atoms with Crippen molar-refractivity contribution in [2.45, 2.75) is 0 Å². The Hall–Kier alpha value is -0.850. The Bertz CT molecular complexity index is 126. The quantitative estimate of drug-likeness (QED) is 0.429. The number of carbonyl (C=O) groups is 1. The number of hydrogen-bond donors (Lipinski definition) is 3. The number of carbonyl (C=O) groups excluding carboxylic acids is 1. The fourth-order valence-electron chi connectivity index (χ4n) is 0.468. The van der Waals surface area contributed by atoms with Gasteiger partial charge in [-0.25, -0.2) is 4.79 Å². The molecule has 6 heteroatoms. The maximum Gasteiger partial charge on any atom is 0.325 e. The Morgan fingerprint density at radius 3 is 1.91 bits per heavy atom. The van der Waals surface area contributed by atoms with Gasteiger partial charge in [0.25, 0.3) is 0 Å². The van der Waals surface area contributed by atoms with Crippen LogP contribution in [0.25, 0.3) is 0 Å². The van der Waals surface area contributed by atoms with Gasteiger partial charge in [-0.1, -0.05) is 0 Å². The first-order chi connectivity index (χ1) is 5.17. The van der Waals surface area contributed by atoms with Gasteiger partial charge in [0, 0.05) is 7.05 Å². The van der Waals surface area contributed by atoms with Crippen LogP contribution >= 0.6 is 0 Å². The summed E-state index contributed by atoms with van der Waals surface area (Å²) in [6, 6.07) is -0.627. The van der Waals surface area contributed by atoms with Gasteiger partial charge in [0.05, 0.1) is 0 Å². The van der Waals surface area contributed by atoms with Crippen molar-refractivity contribution in [2.24, 2.45) is 0 Å². The lowest BCUT2D eigenvalue weighted by molar-refractivity contribution is 0.0318. The minimum absolute atomic E-state index is 0.449. The lowest BCUT2D eigenvalue weighted by atomic mass is 10.7. The van der Waals surface area contributed by atoms with Crippen molar-refractivity contribution in [1.29, 1.82) is 0 Å². The van der Waals surface area contributed by atoms with Gasteiger partial charge in [-0.15, -0.1) is 0 Å². The lowest BCUT2D eigenvalue weighted by Gasteiger charge is -2.22. The second-order valence-electron chi connectivity index (χ2n) is 1.94. The van der Waals surface area contributed by atoms with E-state index in [2.05, 4.69) is 0 Å². The Morgan fingerprint density at radius 2 is 1.64 bits per heavy atom. The minimum atomic E-state index is -0.627. The molecule has 0 unspecified atom stereocenters. The highest BCUT2D eigenvalue weighted by molar-refractivity contribution is 5.73. The SMILES string of the molecule is CN(CO)C(=O)N(CO)CO. The Labute approximate surface area is 64.3 Å². The van der Waals surface area contributed by atoms with Crippen LogP contribution in [0.2, 0.25) is 0 Å². The molecule has 0 aliphatic carbocycles. The van der Waals surface area contributed by atoms with Gasteiger partial charge >= 0.3 is 6.03 Å². The maximum absolute atomic E-state index is 10.9. The van der Waals surface area contributed by atoms with E-state index in [-0.39, 0.29) is 0 Å². The molecule has 0 rings (SSSR count). The van der Waals surface area contributed by atoms with E-state index in [1.54, 1.807) is 0 Å². The molecule has 0 aliphatic rings. The predicted octanol–water partition coefficient (Wildman–Crippen LogP) is -1.81. The van der Waals surface area contributed by atoms with Crippen LogP contribution in [0.1, 0.15) is 0 Å². The fraction of sp³-hybridized carbons (Fsp3) is 0.800. The summed E-state index contributed by atoms with van der Waals surface area (Å²) < 4.78 is 0. The van der Waals surface area contributed by atoms with Crippen LogP contribution in [0.15, 0.2) is 0 Å². The molecule has 0 fully saturated rings. The molecule has 0 aliphatic heterocycles. The highest BCUT2D eigenvalue weighted by Gasteiger charge is 2.14. The first-order valence-corrected chi connectivity index (χ1v) is 3.00. The van der Waals surface area contributed by atoms with E-state index in [0.29, 0.717) is 0 Å². The summed E-state index contributed by atoms with van der Waals surface area (Å²) in [5, 5.41) is 25.4. The van der Waals surface area contributed by atoms with Crippen LogP contribution in [0.5, 0.6) is 0 Å². The third-order valence-electron chi connectivity index (χ3n) is 1.15. The molecular weight excluding hydrogens is 152 g/mol. The monoisotopic (exact) mass is 164 g/mol. The van der Waals surface area contributed by atoms with E-state index < -0.39 is 26.2 Å². The molecule has 0 aromatic heterocycles. The molecule has 0 aromatic carbocycles. The number of nitrogens with zero attached hydrogens (tertiary/aromatic N) is 2. The van der Waals surface area contributed by atoms with Crippen LogP contribution in [0.3, 0.4) is 0 Å². The van der Waals surface area contributed by atoms with E-state index in [1.165, 1.54) is 7.05 Å². The van der Waals surface area contributed by atoms with Crippen molar-refractivity contribution in [1.82, 2.24) is 9.80 Å². The van der Waals surface area contributed by atoms with Gasteiger partial charge in [0.1, 0.15) is 20.2 Å². The van der Waals surface area contributed by atoms with Crippen LogP contribution < -0.4 is 0 Å². The topological polar surface area (TPSA) is 84.2 Å². The second-order valence-corrected chi connectivity index (χ2v) is 1.94. The van der Waals surface area contributed by atoms with E-state index in [1.807, 2.05) is 0 Å². The van der Waals surface area contributed by atoms with Crippen molar-refractivity contribution < 1.29 is 20.1 Å². The van der Waals surface area contributed by atoms with Crippen LogP contribution in [0.4, 0.5) is 4.79 Å². The number of hydrogen-bond acceptors (Lipinski definition) is 4. The first kappa shape index (κ1) is 10.2. The van der Waals surface area contributed by atoms with Gasteiger partial charge < -0.3 is 20.2 Å². The molecule has 11 heavy (non-hydrogen) atoms. The van der Waals surface area contributed by atoms with Crippen molar-refractivity contribution in [3.63, 3.8) is 0 Å². The van der Waals surface area contributed by atoms with Crippen molar-refractivity contribution in [3.8, 4) is 0 Å². The van der Waals surface area contributed by atoms with Gasteiger partial charge in [0.15, 0.2) is 0 Å². The highest BCUT2D eigenvalue weighted by Crippen LogP contribution is 1.92. The Balaban J connectivity index is 3.97. The molecule has 0 saturated heterocycles. The molecule has 0 aromatic rings. The van der Waals surface area contributed by atoms with Crippen LogP contribution in [-0.4, -0.2) is 58.4 Å². The summed E-state index contributed by atoms with van der Waals surface area (Å²) in [4.78, 5) is 12.6. The summed E-state index contributed by atoms with van der Waals surface area (Å²) in [5.74, 6) is 0. The molecule has 2 amide bonds. The van der Waals surface area contributed by atoms with Gasteiger partial charge in [-0.2, -0.15) is 0 Å². The van der Waals surface area contributed by atoms with Crippen LogP contribution in [-0.2, 0) is 0 Å². The molecule has 6 nitrogen and oxygen atoms in total. The summed E-state index contributed by atoms with van der Waals surface area (Å²) in [6.07, 6.45) is 0. The molecule has 0 heterocycles. The Kier molecular flexibility index (Phi) is 4.51. The summed E-state index contributed by atoms with van der Waals surface area (Å²) >= 11 is 0. The van der Waals surface area contributed by atoms with Crippen molar-refractivity contribution in [2.75, 3.05) is 27.2 Å². The van der Waals surface area contributed by atoms with Gasteiger partial charge in [-0.05, 0) is 0 Å². The number of aliphatic hydroxyl groups excluding tert-OH is 3. The number of urea groups is 1. The fourth-order valence-corrected chi connectivity index (χ4v) is 0.468. The number of amides is 2. The normalized spacial score (nSPS) is 9.45. The Morgan fingerprint density at radius 1 is 1.18 bits per heavy atom. The van der Waals surface area contributed by atoms with E-state index in [9.17, 15) is 4.79 Å². The van der Waals surface area contributed by atoms with E-state index in [4.69, 9.17) is 15.3 Å². The second kappa shape index (κ2) is 4.89. The highest BCUT2D eigenvalue weighted by atomic mass is 16.3. The number of rotatable bonds is 3. The zero-order valence-electron chi connectivity index (χ0n) is 6.27. The molecule has 0 bridgehead atoms.